The van der Waals surface area contributed by atoms with Crippen LogP contribution in [0, 0.1) is 0 Å². The Morgan fingerprint density at radius 3 is 2.47 bits per heavy atom. The van der Waals surface area contributed by atoms with Crippen LogP contribution >= 0.6 is 0 Å². The predicted octanol–water partition coefficient (Wildman–Crippen LogP) is 5.40. The summed E-state index contributed by atoms with van der Waals surface area (Å²) >= 11 is 0. The fraction of sp³-hybridized carbons (Fsp3) is 0.387. The molecule has 0 unspecified atom stereocenters. The van der Waals surface area contributed by atoms with Crippen molar-refractivity contribution in [3.8, 4) is 16.9 Å². The van der Waals surface area contributed by atoms with Crippen molar-refractivity contribution in [1.29, 1.82) is 0 Å². The molecule has 0 spiro atoms. The van der Waals surface area contributed by atoms with Crippen LogP contribution in [-0.2, 0) is 16.5 Å². The number of fused-ring (bicyclic) bond motifs is 3. The highest BCUT2D eigenvalue weighted by molar-refractivity contribution is 7.86. The Morgan fingerprint density at radius 1 is 0.947 bits per heavy atom. The van der Waals surface area contributed by atoms with E-state index in [4.69, 9.17) is 4.18 Å². The molecule has 0 saturated carbocycles. The van der Waals surface area contributed by atoms with Gasteiger partial charge in [-0.1, -0.05) is 54.6 Å². The van der Waals surface area contributed by atoms with Crippen molar-refractivity contribution in [3.05, 3.63) is 89.5 Å². The number of rotatable bonds is 9. The molecule has 1 fully saturated rings. The second-order valence-electron chi connectivity index (χ2n) is 10.4. The second-order valence-corrected chi connectivity index (χ2v) is 12.0. The summed E-state index contributed by atoms with van der Waals surface area (Å²) in [6.45, 7) is 2.77. The van der Waals surface area contributed by atoms with Crippen LogP contribution in [-0.4, -0.2) is 51.2 Å². The van der Waals surface area contributed by atoms with E-state index in [1.165, 1.54) is 5.56 Å². The summed E-state index contributed by atoms with van der Waals surface area (Å²) in [4.78, 5) is 15.2. The minimum absolute atomic E-state index is 0.0290. The second kappa shape index (κ2) is 11.7. The van der Waals surface area contributed by atoms with Crippen LogP contribution < -0.4 is 9.50 Å². The fourth-order valence-electron chi connectivity index (χ4n) is 6.07. The Kier molecular flexibility index (Phi) is 8.15. The number of unbranched alkanes of at least 4 members (excludes halogenated alkanes) is 1. The lowest BCUT2D eigenvalue weighted by atomic mass is 9.74. The van der Waals surface area contributed by atoms with E-state index < -0.39 is 10.1 Å². The molecule has 6 nitrogen and oxygen atoms in total. The Balaban J connectivity index is 1.10. The Morgan fingerprint density at radius 2 is 1.71 bits per heavy atom. The topological polar surface area (TPSA) is 75.7 Å². The summed E-state index contributed by atoms with van der Waals surface area (Å²) < 4.78 is 28.8. The maximum Gasteiger partial charge on any atom is 0.306 e. The highest BCUT2D eigenvalue weighted by Gasteiger charge is 2.37. The summed E-state index contributed by atoms with van der Waals surface area (Å²) in [6, 6.07) is 24.2. The van der Waals surface area contributed by atoms with Crippen molar-refractivity contribution in [3.63, 3.8) is 0 Å². The average Bonchev–Trinajstić information content (AvgIpc) is 2.92. The molecule has 0 radical (unpaired) electrons. The lowest BCUT2D eigenvalue weighted by Gasteiger charge is -2.45. The van der Waals surface area contributed by atoms with Crippen LogP contribution in [0.4, 0.5) is 0 Å². The van der Waals surface area contributed by atoms with Crippen molar-refractivity contribution in [2.45, 2.75) is 50.5 Å². The van der Waals surface area contributed by atoms with Gasteiger partial charge in [0.25, 0.3) is 5.91 Å². The van der Waals surface area contributed by atoms with Crippen LogP contribution in [0.25, 0.3) is 11.1 Å². The molecule has 1 aliphatic carbocycles. The van der Waals surface area contributed by atoms with Crippen molar-refractivity contribution >= 4 is 16.0 Å². The van der Waals surface area contributed by atoms with E-state index in [9.17, 15) is 13.2 Å². The van der Waals surface area contributed by atoms with Crippen LogP contribution in [0.15, 0.2) is 72.8 Å². The first-order chi connectivity index (χ1) is 18.4. The summed E-state index contributed by atoms with van der Waals surface area (Å²) in [6.07, 6.45) is 7.16. The monoisotopic (exact) mass is 532 g/mol. The van der Waals surface area contributed by atoms with E-state index in [-0.39, 0.29) is 5.91 Å². The molecule has 1 N–H and O–H groups in total. The number of nitrogens with zero attached hydrogens (tertiary/aromatic N) is 1. The molecule has 2 aliphatic rings. The van der Waals surface area contributed by atoms with E-state index in [1.54, 1.807) is 6.07 Å². The zero-order valence-electron chi connectivity index (χ0n) is 21.9. The number of piperidine rings is 1. The first-order valence-electron chi connectivity index (χ1n) is 13.6. The van der Waals surface area contributed by atoms with Crippen molar-refractivity contribution < 1.29 is 17.4 Å². The van der Waals surface area contributed by atoms with Crippen molar-refractivity contribution in [2.75, 3.05) is 25.9 Å². The molecule has 38 heavy (non-hydrogen) atoms. The third kappa shape index (κ3) is 6.27. The van der Waals surface area contributed by atoms with Gasteiger partial charge in [-0.2, -0.15) is 8.42 Å². The maximum absolute atomic E-state index is 12.6. The van der Waals surface area contributed by atoms with Gasteiger partial charge in [-0.25, -0.2) is 0 Å². The Hall–Kier alpha value is -3.16. The molecule has 5 rings (SSSR count). The molecular formula is C31H36N2O4S. The first-order valence-corrected chi connectivity index (χ1v) is 15.4. The summed E-state index contributed by atoms with van der Waals surface area (Å²) in [5.41, 5.74) is 5.23. The number of nitrogens with one attached hydrogen (secondary N) is 1. The quantitative estimate of drug-likeness (QED) is 0.295. The average molecular weight is 533 g/mol. The molecule has 1 saturated heterocycles. The van der Waals surface area contributed by atoms with E-state index >= 15 is 0 Å². The minimum Gasteiger partial charge on any atom is -0.382 e. The summed E-state index contributed by atoms with van der Waals surface area (Å²) in [5.74, 6) is 0.874. The van der Waals surface area contributed by atoms with Crippen LogP contribution in [0.3, 0.4) is 0 Å². The van der Waals surface area contributed by atoms with Gasteiger partial charge in [-0.05, 0) is 98.0 Å². The standard InChI is InChI=1S/C31H36N2O4S/c1-38(35,36)37-30-13-7-11-26-27-12-8-22-33(29(27)19-18-28(26)30)21-6-5-20-32-31(34)25-16-14-24(15-17-25)23-9-3-2-4-10-23/h2-4,7,9-11,13-17,27,29H,5-6,8,12,18-22H2,1H3,(H,32,34)/t27-,29+/m0/s1. The van der Waals surface area contributed by atoms with Crippen LogP contribution in [0.5, 0.6) is 5.75 Å². The Bertz CT molecular complexity index is 1360. The van der Waals surface area contributed by atoms with Gasteiger partial charge in [0.15, 0.2) is 0 Å². The van der Waals surface area contributed by atoms with E-state index in [0.717, 1.165) is 74.6 Å². The molecule has 1 aliphatic heterocycles. The molecule has 3 aromatic rings. The lowest BCUT2D eigenvalue weighted by Crippen LogP contribution is -2.46. The number of hydrogen-bond donors (Lipinski definition) is 1. The van der Waals surface area contributed by atoms with Gasteiger partial charge in [-0.3, -0.25) is 9.69 Å². The minimum atomic E-state index is -3.55. The number of carbonyl (C=O) groups excluding carboxylic acids is 1. The third-order valence-electron chi connectivity index (χ3n) is 7.81. The summed E-state index contributed by atoms with van der Waals surface area (Å²) in [7, 11) is -3.55. The number of amides is 1. The van der Waals surface area contributed by atoms with Gasteiger partial charge < -0.3 is 9.50 Å². The maximum atomic E-state index is 12.6. The van der Waals surface area contributed by atoms with Gasteiger partial charge in [0.1, 0.15) is 5.75 Å². The highest BCUT2D eigenvalue weighted by atomic mass is 32.2. The Labute approximate surface area is 226 Å². The molecule has 1 amide bonds. The van der Waals surface area contributed by atoms with Gasteiger partial charge >= 0.3 is 10.1 Å². The fourth-order valence-corrected chi connectivity index (χ4v) is 6.55. The van der Waals surface area contributed by atoms with Crippen molar-refractivity contribution in [2.24, 2.45) is 0 Å². The molecule has 200 valence electrons. The van der Waals surface area contributed by atoms with Gasteiger partial charge in [-0.15, -0.1) is 0 Å². The van der Waals surface area contributed by atoms with Crippen molar-refractivity contribution in [1.82, 2.24) is 10.2 Å². The zero-order chi connectivity index (χ0) is 26.5. The lowest BCUT2D eigenvalue weighted by molar-refractivity contribution is 0.0947. The number of carbonyl (C=O) groups is 1. The SMILES string of the molecule is CS(=O)(=O)Oc1cccc2c1CC[C@@H]1[C@H]2CCCN1CCCCNC(=O)c1ccc(-c2ccccc2)cc1. The highest BCUT2D eigenvalue weighted by Crippen LogP contribution is 2.43. The molecule has 3 aromatic carbocycles. The molecular weight excluding hydrogens is 496 g/mol. The van der Waals surface area contributed by atoms with Crippen LogP contribution in [0.1, 0.15) is 59.5 Å². The normalized spacial score (nSPS) is 19.3. The largest absolute Gasteiger partial charge is 0.382 e. The smallest absolute Gasteiger partial charge is 0.306 e. The number of hydrogen-bond acceptors (Lipinski definition) is 5. The van der Waals surface area contributed by atoms with E-state index in [1.807, 2.05) is 48.5 Å². The molecule has 0 aromatic heterocycles. The molecule has 0 bridgehead atoms. The van der Waals surface area contributed by atoms with Gasteiger partial charge in [0.2, 0.25) is 0 Å². The molecule has 2 atom stereocenters. The molecule has 7 heteroatoms. The predicted molar refractivity (Wildman–Crippen MR) is 151 cm³/mol. The van der Waals surface area contributed by atoms with Gasteiger partial charge in [0.05, 0.1) is 6.26 Å². The zero-order valence-corrected chi connectivity index (χ0v) is 22.8. The first kappa shape index (κ1) is 26.4. The van der Waals surface area contributed by atoms with E-state index in [2.05, 4.69) is 28.4 Å². The summed E-state index contributed by atoms with van der Waals surface area (Å²) in [5, 5.41) is 3.07. The van der Waals surface area contributed by atoms with Crippen LogP contribution in [0.2, 0.25) is 0 Å². The third-order valence-corrected chi connectivity index (χ3v) is 8.29. The van der Waals surface area contributed by atoms with E-state index in [0.29, 0.717) is 29.8 Å². The molecule has 1 heterocycles. The van der Waals surface area contributed by atoms with Gasteiger partial charge in [0, 0.05) is 18.2 Å². The number of likely N-dealkylation sites (tertiary alicyclic amines) is 1. The number of benzene rings is 3.